The standard InChI is InChI=1S/C16H17BrN2O2/c1-11-2-5-13(17)10-15(11)21-9-8-20-14-6-3-12(4-7-14)16(18)19/h2-7,10H,8-9H2,1H3,(H3,18,19). The van der Waals surface area contributed by atoms with Crippen molar-refractivity contribution in [2.75, 3.05) is 13.2 Å². The van der Waals surface area contributed by atoms with Crippen LogP contribution in [0.3, 0.4) is 0 Å². The van der Waals surface area contributed by atoms with E-state index in [1.165, 1.54) is 0 Å². The SMILES string of the molecule is Cc1ccc(Br)cc1OCCOc1ccc(C(=N)N)cc1. The molecule has 4 nitrogen and oxygen atoms in total. The first-order chi connectivity index (χ1) is 10.1. The maximum Gasteiger partial charge on any atom is 0.123 e. The molecule has 5 heteroatoms. The second-order valence-corrected chi connectivity index (χ2v) is 5.46. The molecule has 0 bridgehead atoms. The first-order valence-corrected chi connectivity index (χ1v) is 7.32. The summed E-state index contributed by atoms with van der Waals surface area (Å²) in [6.45, 7) is 2.92. The lowest BCUT2D eigenvalue weighted by Crippen LogP contribution is -2.11. The molecule has 0 heterocycles. The molecule has 0 amide bonds. The number of benzene rings is 2. The molecule has 2 aromatic rings. The second-order valence-electron chi connectivity index (χ2n) is 4.54. The van der Waals surface area contributed by atoms with E-state index in [0.29, 0.717) is 18.8 Å². The lowest BCUT2D eigenvalue weighted by molar-refractivity contribution is 0.216. The van der Waals surface area contributed by atoms with Crippen molar-refractivity contribution in [2.24, 2.45) is 5.73 Å². The van der Waals surface area contributed by atoms with Crippen molar-refractivity contribution >= 4 is 21.8 Å². The van der Waals surface area contributed by atoms with Crippen LogP contribution in [0.15, 0.2) is 46.9 Å². The topological polar surface area (TPSA) is 68.3 Å². The highest BCUT2D eigenvalue weighted by Crippen LogP contribution is 2.22. The molecule has 0 aliphatic rings. The molecule has 0 fully saturated rings. The number of nitrogens with one attached hydrogen (secondary N) is 1. The lowest BCUT2D eigenvalue weighted by Gasteiger charge is -2.11. The van der Waals surface area contributed by atoms with Crippen molar-refractivity contribution in [1.29, 1.82) is 5.41 Å². The van der Waals surface area contributed by atoms with Crippen LogP contribution in [0, 0.1) is 12.3 Å². The van der Waals surface area contributed by atoms with Crippen LogP contribution >= 0.6 is 15.9 Å². The zero-order valence-corrected chi connectivity index (χ0v) is 13.3. The smallest absolute Gasteiger partial charge is 0.123 e. The Labute approximate surface area is 132 Å². The Bertz CT molecular complexity index is 627. The fourth-order valence-electron chi connectivity index (χ4n) is 1.77. The average molecular weight is 349 g/mol. The van der Waals surface area contributed by atoms with Crippen LogP contribution in [0.2, 0.25) is 0 Å². The summed E-state index contributed by atoms with van der Waals surface area (Å²) in [5, 5.41) is 7.32. The number of nitrogens with two attached hydrogens (primary N) is 1. The first-order valence-electron chi connectivity index (χ1n) is 6.52. The molecule has 2 rings (SSSR count). The summed E-state index contributed by atoms with van der Waals surface area (Å²) in [7, 11) is 0. The van der Waals surface area contributed by atoms with Gasteiger partial charge in [0.2, 0.25) is 0 Å². The summed E-state index contributed by atoms with van der Waals surface area (Å²) >= 11 is 3.42. The zero-order valence-electron chi connectivity index (χ0n) is 11.7. The van der Waals surface area contributed by atoms with E-state index >= 15 is 0 Å². The molecule has 0 radical (unpaired) electrons. The predicted octanol–water partition coefficient (Wildman–Crippen LogP) is 3.50. The van der Waals surface area contributed by atoms with Crippen LogP contribution in [0.25, 0.3) is 0 Å². The van der Waals surface area contributed by atoms with E-state index in [2.05, 4.69) is 15.9 Å². The molecule has 0 atom stereocenters. The van der Waals surface area contributed by atoms with Gasteiger partial charge in [-0.05, 0) is 48.9 Å². The van der Waals surface area contributed by atoms with Gasteiger partial charge in [-0.1, -0.05) is 22.0 Å². The summed E-state index contributed by atoms with van der Waals surface area (Å²) in [5.74, 6) is 1.63. The van der Waals surface area contributed by atoms with Crippen molar-refractivity contribution in [3.05, 3.63) is 58.1 Å². The van der Waals surface area contributed by atoms with Gasteiger partial charge in [0.15, 0.2) is 0 Å². The van der Waals surface area contributed by atoms with E-state index in [1.807, 2.05) is 25.1 Å². The van der Waals surface area contributed by atoms with Gasteiger partial charge in [-0.3, -0.25) is 5.41 Å². The normalized spacial score (nSPS) is 10.2. The first kappa shape index (κ1) is 15.4. The molecule has 0 aliphatic carbocycles. The van der Waals surface area contributed by atoms with Crippen LogP contribution < -0.4 is 15.2 Å². The third-order valence-electron chi connectivity index (χ3n) is 2.93. The van der Waals surface area contributed by atoms with Crippen molar-refractivity contribution in [1.82, 2.24) is 0 Å². The van der Waals surface area contributed by atoms with Gasteiger partial charge in [-0.25, -0.2) is 0 Å². The summed E-state index contributed by atoms with van der Waals surface area (Å²) in [6, 6.07) is 13.0. The number of nitrogen functional groups attached to an aromatic ring is 1. The molecule has 0 spiro atoms. The minimum atomic E-state index is 0.0509. The van der Waals surface area contributed by atoms with E-state index in [0.717, 1.165) is 21.5 Å². The van der Waals surface area contributed by atoms with E-state index < -0.39 is 0 Å². The van der Waals surface area contributed by atoms with Gasteiger partial charge in [0.05, 0.1) is 0 Å². The van der Waals surface area contributed by atoms with Crippen LogP contribution in [-0.4, -0.2) is 19.0 Å². The minimum Gasteiger partial charge on any atom is -0.490 e. The van der Waals surface area contributed by atoms with Crippen molar-refractivity contribution in [3.63, 3.8) is 0 Å². The second kappa shape index (κ2) is 7.13. The molecule has 0 aliphatic heterocycles. The number of aryl methyl sites for hydroxylation is 1. The van der Waals surface area contributed by atoms with Crippen molar-refractivity contribution in [2.45, 2.75) is 6.92 Å². The summed E-state index contributed by atoms with van der Waals surface area (Å²) in [6.07, 6.45) is 0. The summed E-state index contributed by atoms with van der Waals surface area (Å²) in [4.78, 5) is 0. The van der Waals surface area contributed by atoms with E-state index in [1.54, 1.807) is 24.3 Å². The highest BCUT2D eigenvalue weighted by molar-refractivity contribution is 9.10. The average Bonchev–Trinajstić information content (AvgIpc) is 2.47. The number of halogens is 1. The molecule has 2 aromatic carbocycles. The largest absolute Gasteiger partial charge is 0.490 e. The Kier molecular flexibility index (Phi) is 5.22. The van der Waals surface area contributed by atoms with Crippen LogP contribution in [0.4, 0.5) is 0 Å². The number of hydrogen-bond donors (Lipinski definition) is 2. The van der Waals surface area contributed by atoms with Crippen LogP contribution in [0.5, 0.6) is 11.5 Å². The molecular formula is C16H17BrN2O2. The highest BCUT2D eigenvalue weighted by atomic mass is 79.9. The maximum atomic E-state index is 7.32. The van der Waals surface area contributed by atoms with Crippen LogP contribution in [0.1, 0.15) is 11.1 Å². The molecule has 21 heavy (non-hydrogen) atoms. The molecule has 0 saturated carbocycles. The Hall–Kier alpha value is -2.01. The summed E-state index contributed by atoms with van der Waals surface area (Å²) in [5.41, 5.74) is 7.17. The number of amidine groups is 1. The number of hydrogen-bond acceptors (Lipinski definition) is 3. The molecule has 0 unspecified atom stereocenters. The van der Waals surface area contributed by atoms with Gasteiger partial charge in [-0.2, -0.15) is 0 Å². The molecule has 0 saturated heterocycles. The van der Waals surface area contributed by atoms with Crippen LogP contribution in [-0.2, 0) is 0 Å². The third kappa shape index (κ3) is 4.49. The van der Waals surface area contributed by atoms with Gasteiger partial charge in [0.25, 0.3) is 0 Å². The van der Waals surface area contributed by atoms with E-state index in [-0.39, 0.29) is 5.84 Å². The Morgan fingerprint density at radius 2 is 1.76 bits per heavy atom. The van der Waals surface area contributed by atoms with E-state index in [9.17, 15) is 0 Å². The highest BCUT2D eigenvalue weighted by Gasteiger charge is 2.01. The van der Waals surface area contributed by atoms with Crippen molar-refractivity contribution < 1.29 is 9.47 Å². The van der Waals surface area contributed by atoms with E-state index in [4.69, 9.17) is 20.6 Å². The van der Waals surface area contributed by atoms with Crippen molar-refractivity contribution in [3.8, 4) is 11.5 Å². The molecule has 110 valence electrons. The lowest BCUT2D eigenvalue weighted by atomic mass is 10.2. The minimum absolute atomic E-state index is 0.0509. The third-order valence-corrected chi connectivity index (χ3v) is 3.42. The fraction of sp³-hybridized carbons (Fsp3) is 0.188. The van der Waals surface area contributed by atoms with Gasteiger partial charge >= 0.3 is 0 Å². The van der Waals surface area contributed by atoms with Gasteiger partial charge in [0, 0.05) is 10.0 Å². The molecule has 0 aromatic heterocycles. The zero-order chi connectivity index (χ0) is 15.2. The Morgan fingerprint density at radius 3 is 2.43 bits per heavy atom. The number of rotatable bonds is 6. The van der Waals surface area contributed by atoms with Gasteiger partial charge < -0.3 is 15.2 Å². The molecular weight excluding hydrogens is 332 g/mol. The Balaban J connectivity index is 1.81. The van der Waals surface area contributed by atoms with Gasteiger partial charge in [-0.15, -0.1) is 0 Å². The van der Waals surface area contributed by atoms with Gasteiger partial charge in [0.1, 0.15) is 30.5 Å². The number of ether oxygens (including phenoxy) is 2. The fourth-order valence-corrected chi connectivity index (χ4v) is 2.11. The quantitative estimate of drug-likeness (QED) is 0.476. The predicted molar refractivity (Wildman–Crippen MR) is 87.3 cm³/mol. The Morgan fingerprint density at radius 1 is 1.10 bits per heavy atom. The maximum absolute atomic E-state index is 7.32. The monoisotopic (exact) mass is 348 g/mol. The summed E-state index contributed by atoms with van der Waals surface area (Å²) < 4.78 is 12.3. The molecule has 3 N–H and O–H groups in total.